The summed E-state index contributed by atoms with van der Waals surface area (Å²) in [6, 6.07) is 8.02. The van der Waals surface area contributed by atoms with Crippen molar-refractivity contribution in [1.29, 1.82) is 0 Å². The van der Waals surface area contributed by atoms with E-state index >= 15 is 0 Å². The highest BCUT2D eigenvalue weighted by Gasteiger charge is 2.26. The van der Waals surface area contributed by atoms with Crippen LogP contribution in [0.15, 0.2) is 45.3 Å². The Hall–Kier alpha value is -1.68. The number of furan rings is 1. The van der Waals surface area contributed by atoms with Crippen molar-refractivity contribution in [3.63, 3.8) is 0 Å². The summed E-state index contributed by atoms with van der Waals surface area (Å²) in [5, 5.41) is 2.08. The van der Waals surface area contributed by atoms with E-state index in [2.05, 4.69) is 22.5 Å². The summed E-state index contributed by atoms with van der Waals surface area (Å²) >= 11 is 1.76. The third kappa shape index (κ3) is 3.25. The Morgan fingerprint density at radius 3 is 3.00 bits per heavy atom. The molecule has 1 aliphatic carbocycles. The monoisotopic (exact) mass is 287 g/mol. The molecule has 0 aliphatic heterocycles. The van der Waals surface area contributed by atoms with Gasteiger partial charge in [0.1, 0.15) is 11.5 Å². The quantitative estimate of drug-likeness (QED) is 0.857. The number of nitrogens with zero attached hydrogens (tertiary/aromatic N) is 1. The van der Waals surface area contributed by atoms with Gasteiger partial charge >= 0.3 is 0 Å². The van der Waals surface area contributed by atoms with Gasteiger partial charge in [0.25, 0.3) is 0 Å². The minimum absolute atomic E-state index is 0.173. The van der Waals surface area contributed by atoms with Gasteiger partial charge in [0.15, 0.2) is 0 Å². The first kappa shape index (κ1) is 13.3. The van der Waals surface area contributed by atoms with Crippen LogP contribution in [0.1, 0.15) is 35.8 Å². The Morgan fingerprint density at radius 2 is 2.25 bits per heavy atom. The van der Waals surface area contributed by atoms with E-state index < -0.39 is 0 Å². The summed E-state index contributed by atoms with van der Waals surface area (Å²) in [4.78, 5) is 17.8. The lowest BCUT2D eigenvalue weighted by atomic mass is 9.85. The molecule has 2 aromatic rings. The van der Waals surface area contributed by atoms with Gasteiger partial charge in [0, 0.05) is 42.3 Å². The molecule has 0 bridgehead atoms. The highest BCUT2D eigenvalue weighted by Crippen LogP contribution is 2.30. The molecule has 0 N–H and O–H groups in total. The van der Waals surface area contributed by atoms with Crippen LogP contribution < -0.4 is 0 Å². The molecule has 3 nitrogen and oxygen atoms in total. The average molecular weight is 287 g/mol. The van der Waals surface area contributed by atoms with Gasteiger partial charge in [-0.15, -0.1) is 11.3 Å². The normalized spacial score (nSPS) is 21.5. The van der Waals surface area contributed by atoms with Gasteiger partial charge in [-0.25, -0.2) is 0 Å². The highest BCUT2D eigenvalue weighted by atomic mass is 32.1. The molecule has 0 spiro atoms. The van der Waals surface area contributed by atoms with Crippen molar-refractivity contribution in [2.45, 2.75) is 31.6 Å². The lowest BCUT2D eigenvalue weighted by Gasteiger charge is -2.20. The largest absolute Gasteiger partial charge is 0.469 e. The van der Waals surface area contributed by atoms with Crippen LogP contribution in [0.5, 0.6) is 0 Å². The Bertz CT molecular complexity index is 584. The van der Waals surface area contributed by atoms with E-state index in [0.29, 0.717) is 12.8 Å². The van der Waals surface area contributed by atoms with Gasteiger partial charge in [0.2, 0.25) is 0 Å². The maximum atomic E-state index is 11.9. The van der Waals surface area contributed by atoms with Crippen LogP contribution in [0.2, 0.25) is 0 Å². The van der Waals surface area contributed by atoms with Gasteiger partial charge < -0.3 is 4.42 Å². The third-order valence-electron chi connectivity index (χ3n) is 3.58. The summed E-state index contributed by atoms with van der Waals surface area (Å²) < 4.78 is 5.43. The number of thiophene rings is 1. The van der Waals surface area contributed by atoms with E-state index in [1.165, 1.54) is 4.88 Å². The Balaban J connectivity index is 1.62. The van der Waals surface area contributed by atoms with Crippen molar-refractivity contribution in [2.75, 3.05) is 6.54 Å². The molecule has 0 radical (unpaired) electrons. The number of hydrogen-bond donors (Lipinski definition) is 0. The standard InChI is InChI=1S/C16H17NO2S/c18-14-10-12(16-4-1-7-19-16)9-13(11-14)17-6-5-15-3-2-8-20-15/h1-4,7-8,12H,5-6,9-11H2/t12-/m1/s1. The van der Waals surface area contributed by atoms with Gasteiger partial charge in [-0.2, -0.15) is 0 Å². The van der Waals surface area contributed by atoms with Crippen molar-refractivity contribution in [1.82, 2.24) is 0 Å². The molecule has 1 atom stereocenters. The first-order valence-corrected chi connectivity index (χ1v) is 7.79. The maximum Gasteiger partial charge on any atom is 0.139 e. The predicted octanol–water partition coefficient (Wildman–Crippen LogP) is 3.86. The molecule has 3 rings (SSSR count). The molecule has 1 fully saturated rings. The third-order valence-corrected chi connectivity index (χ3v) is 4.51. The number of aliphatic imine (C=N–C) groups is 1. The zero-order chi connectivity index (χ0) is 13.8. The SMILES string of the molecule is O=C1CC(=NCCc2cccs2)C[C@@H](c2ccco2)C1. The molecule has 2 aromatic heterocycles. The Morgan fingerprint density at radius 1 is 1.30 bits per heavy atom. The summed E-state index contributed by atoms with van der Waals surface area (Å²) in [6.07, 6.45) is 4.57. The molecule has 0 unspecified atom stereocenters. The average Bonchev–Trinajstić information content (AvgIpc) is 3.11. The minimum atomic E-state index is 0.173. The second-order valence-electron chi connectivity index (χ2n) is 5.11. The smallest absolute Gasteiger partial charge is 0.139 e. The number of Topliss-reactive ketones (excluding diaryl/α,β-unsaturated/α-hetero) is 1. The van der Waals surface area contributed by atoms with E-state index in [-0.39, 0.29) is 11.7 Å². The van der Waals surface area contributed by atoms with Gasteiger partial charge in [-0.05, 0) is 30.0 Å². The Labute approximate surface area is 122 Å². The molecule has 20 heavy (non-hydrogen) atoms. The first-order chi connectivity index (χ1) is 9.81. The lowest BCUT2D eigenvalue weighted by Crippen LogP contribution is -2.21. The van der Waals surface area contributed by atoms with Crippen molar-refractivity contribution < 1.29 is 9.21 Å². The topological polar surface area (TPSA) is 42.6 Å². The van der Waals surface area contributed by atoms with Crippen LogP contribution in [0.4, 0.5) is 0 Å². The molecular weight excluding hydrogens is 270 g/mol. The number of rotatable bonds is 4. The van der Waals surface area contributed by atoms with Gasteiger partial charge in [-0.3, -0.25) is 9.79 Å². The fourth-order valence-corrected chi connectivity index (χ4v) is 3.33. The van der Waals surface area contributed by atoms with Crippen LogP contribution in [0.25, 0.3) is 0 Å². The van der Waals surface area contributed by atoms with Gasteiger partial charge in [-0.1, -0.05) is 6.07 Å². The van der Waals surface area contributed by atoms with Crippen molar-refractivity contribution in [3.05, 3.63) is 46.5 Å². The van der Waals surface area contributed by atoms with E-state index in [1.54, 1.807) is 17.6 Å². The van der Waals surface area contributed by atoms with E-state index in [4.69, 9.17) is 4.42 Å². The summed E-state index contributed by atoms with van der Waals surface area (Å²) in [5.74, 6) is 1.35. The van der Waals surface area contributed by atoms with E-state index in [0.717, 1.165) is 30.9 Å². The molecule has 0 saturated heterocycles. The number of carbonyl (C=O) groups excluding carboxylic acids is 1. The summed E-state index contributed by atoms with van der Waals surface area (Å²) in [5.41, 5.74) is 1.03. The van der Waals surface area contributed by atoms with Crippen LogP contribution in [0.3, 0.4) is 0 Å². The zero-order valence-electron chi connectivity index (χ0n) is 11.2. The molecule has 1 aliphatic rings. The summed E-state index contributed by atoms with van der Waals surface area (Å²) in [7, 11) is 0. The minimum Gasteiger partial charge on any atom is -0.469 e. The highest BCUT2D eigenvalue weighted by molar-refractivity contribution is 7.09. The first-order valence-electron chi connectivity index (χ1n) is 6.91. The molecule has 104 valence electrons. The molecule has 0 amide bonds. The summed E-state index contributed by atoms with van der Waals surface area (Å²) in [6.45, 7) is 0.772. The molecule has 4 heteroatoms. The Kier molecular flexibility index (Phi) is 4.11. The number of hydrogen-bond acceptors (Lipinski definition) is 4. The zero-order valence-corrected chi connectivity index (χ0v) is 12.1. The predicted molar refractivity (Wildman–Crippen MR) is 80.6 cm³/mol. The number of carbonyl (C=O) groups is 1. The van der Waals surface area contributed by atoms with Crippen molar-refractivity contribution >= 4 is 22.8 Å². The number of ketones is 1. The molecule has 1 saturated carbocycles. The second kappa shape index (κ2) is 6.18. The van der Waals surface area contributed by atoms with Crippen LogP contribution in [0, 0.1) is 0 Å². The fraction of sp³-hybridized carbons (Fsp3) is 0.375. The van der Waals surface area contributed by atoms with Crippen LogP contribution >= 0.6 is 11.3 Å². The van der Waals surface area contributed by atoms with E-state index in [1.807, 2.05) is 12.1 Å². The maximum absolute atomic E-state index is 11.9. The van der Waals surface area contributed by atoms with Crippen LogP contribution in [-0.2, 0) is 11.2 Å². The van der Waals surface area contributed by atoms with Crippen molar-refractivity contribution in [3.8, 4) is 0 Å². The molecular formula is C16H17NO2S. The molecule has 0 aromatic carbocycles. The second-order valence-corrected chi connectivity index (χ2v) is 6.15. The van der Waals surface area contributed by atoms with Crippen molar-refractivity contribution in [2.24, 2.45) is 4.99 Å². The molecule has 2 heterocycles. The lowest BCUT2D eigenvalue weighted by molar-refractivity contribution is -0.118. The van der Waals surface area contributed by atoms with Crippen LogP contribution in [-0.4, -0.2) is 18.0 Å². The van der Waals surface area contributed by atoms with E-state index in [9.17, 15) is 4.79 Å². The van der Waals surface area contributed by atoms with Gasteiger partial charge in [0.05, 0.1) is 6.26 Å². The fourth-order valence-electron chi connectivity index (χ4n) is 2.63.